The van der Waals surface area contributed by atoms with E-state index in [9.17, 15) is 4.79 Å². The van der Waals surface area contributed by atoms with Crippen molar-refractivity contribution in [2.75, 3.05) is 24.5 Å². The zero-order valence-corrected chi connectivity index (χ0v) is 16.5. The van der Waals surface area contributed by atoms with E-state index >= 15 is 0 Å². The molecule has 0 bridgehead atoms. The Labute approximate surface area is 165 Å². The van der Waals surface area contributed by atoms with Crippen molar-refractivity contribution in [3.63, 3.8) is 0 Å². The molecule has 0 radical (unpaired) electrons. The molecule has 1 aliphatic rings. The molecule has 4 rings (SSSR count). The van der Waals surface area contributed by atoms with Crippen molar-refractivity contribution in [2.24, 2.45) is 5.92 Å². The first-order valence-electron chi connectivity index (χ1n) is 9.97. The zero-order chi connectivity index (χ0) is 19.5. The van der Waals surface area contributed by atoms with Gasteiger partial charge in [-0.3, -0.25) is 4.79 Å². The molecule has 146 valence electrons. The van der Waals surface area contributed by atoms with Gasteiger partial charge in [0.2, 0.25) is 11.9 Å². The van der Waals surface area contributed by atoms with Crippen LogP contribution in [-0.4, -0.2) is 40.5 Å². The summed E-state index contributed by atoms with van der Waals surface area (Å²) < 4.78 is 0. The largest absolute Gasteiger partial charge is 0.361 e. The Bertz CT molecular complexity index is 952. The van der Waals surface area contributed by atoms with Crippen molar-refractivity contribution in [3.05, 3.63) is 53.5 Å². The number of anilines is 1. The SMILES string of the molecule is Cc1cc(C)nc(N2CCC(CNC(=O)Cc3c[nH]c4ccccc34)CC2)n1. The molecule has 6 heteroatoms. The average Bonchev–Trinajstić information content (AvgIpc) is 3.09. The van der Waals surface area contributed by atoms with Crippen LogP contribution in [0.1, 0.15) is 29.8 Å². The van der Waals surface area contributed by atoms with Crippen LogP contribution >= 0.6 is 0 Å². The smallest absolute Gasteiger partial charge is 0.225 e. The van der Waals surface area contributed by atoms with Crippen LogP contribution in [0.25, 0.3) is 10.9 Å². The minimum absolute atomic E-state index is 0.0878. The molecule has 3 aromatic rings. The highest BCUT2D eigenvalue weighted by Crippen LogP contribution is 2.21. The van der Waals surface area contributed by atoms with Crippen LogP contribution in [0.3, 0.4) is 0 Å². The number of rotatable bonds is 5. The summed E-state index contributed by atoms with van der Waals surface area (Å²) in [5, 5.41) is 4.25. The summed E-state index contributed by atoms with van der Waals surface area (Å²) in [4.78, 5) is 27.0. The molecule has 1 aromatic carbocycles. The van der Waals surface area contributed by atoms with Gasteiger partial charge in [0, 0.05) is 48.1 Å². The summed E-state index contributed by atoms with van der Waals surface area (Å²) >= 11 is 0. The van der Waals surface area contributed by atoms with E-state index in [0.29, 0.717) is 12.3 Å². The van der Waals surface area contributed by atoms with Crippen molar-refractivity contribution < 1.29 is 4.79 Å². The highest BCUT2D eigenvalue weighted by Gasteiger charge is 2.22. The highest BCUT2D eigenvalue weighted by molar-refractivity contribution is 5.88. The molecule has 2 aromatic heterocycles. The van der Waals surface area contributed by atoms with Crippen molar-refractivity contribution in [3.8, 4) is 0 Å². The lowest BCUT2D eigenvalue weighted by Gasteiger charge is -2.32. The third-order valence-electron chi connectivity index (χ3n) is 5.48. The molecule has 0 saturated carbocycles. The number of H-pyrrole nitrogens is 1. The van der Waals surface area contributed by atoms with Crippen LogP contribution in [0.15, 0.2) is 36.5 Å². The van der Waals surface area contributed by atoms with E-state index in [1.807, 2.05) is 44.3 Å². The molecule has 0 aliphatic carbocycles. The molecule has 2 N–H and O–H groups in total. The number of aromatic amines is 1. The standard InChI is InChI=1S/C22H27N5O/c1-15-11-16(2)26-22(25-15)27-9-7-17(8-10-27)13-24-21(28)12-18-14-23-20-6-4-3-5-19(18)20/h3-6,11,14,17,23H,7-10,12-13H2,1-2H3,(H,24,28). The fourth-order valence-corrected chi connectivity index (χ4v) is 3.96. The van der Waals surface area contributed by atoms with Gasteiger partial charge in [-0.1, -0.05) is 18.2 Å². The molecular formula is C22H27N5O. The second-order valence-electron chi connectivity index (χ2n) is 7.72. The van der Waals surface area contributed by atoms with Crippen LogP contribution in [-0.2, 0) is 11.2 Å². The molecule has 1 saturated heterocycles. The van der Waals surface area contributed by atoms with Crippen LogP contribution in [0.2, 0.25) is 0 Å². The molecule has 1 fully saturated rings. The van der Waals surface area contributed by atoms with E-state index in [-0.39, 0.29) is 5.91 Å². The minimum atomic E-state index is 0.0878. The quantitative estimate of drug-likeness (QED) is 0.716. The Morgan fingerprint density at radius 3 is 2.64 bits per heavy atom. The first-order valence-corrected chi connectivity index (χ1v) is 9.97. The molecule has 0 unspecified atom stereocenters. The molecule has 3 heterocycles. The monoisotopic (exact) mass is 377 g/mol. The lowest BCUT2D eigenvalue weighted by Crippen LogP contribution is -2.39. The lowest BCUT2D eigenvalue weighted by atomic mass is 9.97. The molecule has 1 amide bonds. The number of para-hydroxylation sites is 1. The summed E-state index contributed by atoms with van der Waals surface area (Å²) in [6, 6.07) is 10.1. The summed E-state index contributed by atoms with van der Waals surface area (Å²) in [5.74, 6) is 1.43. The van der Waals surface area contributed by atoms with Crippen molar-refractivity contribution in [1.29, 1.82) is 0 Å². The Hall–Kier alpha value is -2.89. The van der Waals surface area contributed by atoms with Gasteiger partial charge in [-0.25, -0.2) is 9.97 Å². The van der Waals surface area contributed by atoms with E-state index in [1.165, 1.54) is 0 Å². The summed E-state index contributed by atoms with van der Waals surface area (Å²) in [6.45, 7) is 6.63. The zero-order valence-electron chi connectivity index (χ0n) is 16.5. The highest BCUT2D eigenvalue weighted by atomic mass is 16.1. The number of piperidine rings is 1. The fourth-order valence-electron chi connectivity index (χ4n) is 3.96. The minimum Gasteiger partial charge on any atom is -0.361 e. The number of nitrogens with one attached hydrogen (secondary N) is 2. The third kappa shape index (κ3) is 4.16. The number of aryl methyl sites for hydroxylation is 2. The van der Waals surface area contributed by atoms with Gasteiger partial charge in [0.25, 0.3) is 0 Å². The van der Waals surface area contributed by atoms with Gasteiger partial charge in [-0.05, 0) is 50.3 Å². The lowest BCUT2D eigenvalue weighted by molar-refractivity contribution is -0.120. The summed E-state index contributed by atoms with van der Waals surface area (Å²) in [5.41, 5.74) is 4.14. The second kappa shape index (κ2) is 8.00. The van der Waals surface area contributed by atoms with Gasteiger partial charge in [0.1, 0.15) is 0 Å². The molecule has 0 spiro atoms. The van der Waals surface area contributed by atoms with E-state index in [2.05, 4.69) is 31.2 Å². The number of amides is 1. The topological polar surface area (TPSA) is 73.9 Å². The Kier molecular flexibility index (Phi) is 5.28. The average molecular weight is 377 g/mol. The Morgan fingerprint density at radius 2 is 1.89 bits per heavy atom. The van der Waals surface area contributed by atoms with Crippen molar-refractivity contribution in [2.45, 2.75) is 33.1 Å². The van der Waals surface area contributed by atoms with E-state index in [0.717, 1.165) is 66.3 Å². The number of fused-ring (bicyclic) bond motifs is 1. The van der Waals surface area contributed by atoms with Crippen molar-refractivity contribution >= 4 is 22.8 Å². The molecule has 6 nitrogen and oxygen atoms in total. The van der Waals surface area contributed by atoms with Crippen LogP contribution in [0.5, 0.6) is 0 Å². The normalized spacial score (nSPS) is 15.1. The number of benzene rings is 1. The first kappa shape index (κ1) is 18.5. The molecule has 28 heavy (non-hydrogen) atoms. The van der Waals surface area contributed by atoms with E-state index in [1.54, 1.807) is 0 Å². The van der Waals surface area contributed by atoms with Gasteiger partial charge in [-0.2, -0.15) is 0 Å². The summed E-state index contributed by atoms with van der Waals surface area (Å²) in [6.07, 6.45) is 4.44. The van der Waals surface area contributed by atoms with Gasteiger partial charge >= 0.3 is 0 Å². The van der Waals surface area contributed by atoms with Gasteiger partial charge in [-0.15, -0.1) is 0 Å². The number of hydrogen-bond acceptors (Lipinski definition) is 4. The fraction of sp³-hybridized carbons (Fsp3) is 0.409. The molecule has 0 atom stereocenters. The number of nitrogens with zero attached hydrogens (tertiary/aromatic N) is 3. The van der Waals surface area contributed by atoms with Crippen LogP contribution < -0.4 is 10.2 Å². The predicted molar refractivity (Wildman–Crippen MR) is 111 cm³/mol. The van der Waals surface area contributed by atoms with Gasteiger partial charge < -0.3 is 15.2 Å². The van der Waals surface area contributed by atoms with Crippen LogP contribution in [0, 0.1) is 19.8 Å². The maximum Gasteiger partial charge on any atom is 0.225 e. The summed E-state index contributed by atoms with van der Waals surface area (Å²) in [7, 11) is 0. The first-order chi connectivity index (χ1) is 13.6. The second-order valence-corrected chi connectivity index (χ2v) is 7.72. The van der Waals surface area contributed by atoms with Crippen molar-refractivity contribution in [1.82, 2.24) is 20.3 Å². The number of hydrogen-bond donors (Lipinski definition) is 2. The molecular weight excluding hydrogens is 350 g/mol. The number of carbonyl (C=O) groups excluding carboxylic acids is 1. The maximum atomic E-state index is 12.4. The third-order valence-corrected chi connectivity index (χ3v) is 5.48. The Morgan fingerprint density at radius 1 is 1.18 bits per heavy atom. The molecule has 1 aliphatic heterocycles. The number of aromatic nitrogens is 3. The maximum absolute atomic E-state index is 12.4. The van der Waals surface area contributed by atoms with E-state index in [4.69, 9.17) is 0 Å². The van der Waals surface area contributed by atoms with E-state index < -0.39 is 0 Å². The van der Waals surface area contributed by atoms with Gasteiger partial charge in [0.05, 0.1) is 6.42 Å². The van der Waals surface area contributed by atoms with Gasteiger partial charge in [0.15, 0.2) is 0 Å². The Balaban J connectivity index is 1.26. The predicted octanol–water partition coefficient (Wildman–Crippen LogP) is 3.15. The van der Waals surface area contributed by atoms with Crippen LogP contribution in [0.4, 0.5) is 5.95 Å². The number of carbonyl (C=O) groups is 1.